The molecular weight excluding hydrogens is 396 g/mol. The molecule has 0 radical (unpaired) electrons. The molecule has 1 atom stereocenters. The zero-order chi connectivity index (χ0) is 21.8. The van der Waals surface area contributed by atoms with E-state index in [9.17, 15) is 14.4 Å². The van der Waals surface area contributed by atoms with Crippen LogP contribution in [0.15, 0.2) is 48.5 Å². The van der Waals surface area contributed by atoms with Crippen molar-refractivity contribution in [3.05, 3.63) is 54.1 Å². The predicted octanol–water partition coefficient (Wildman–Crippen LogP) is 2.71. The summed E-state index contributed by atoms with van der Waals surface area (Å²) in [6, 6.07) is 15.8. The van der Waals surface area contributed by atoms with Crippen molar-refractivity contribution >= 4 is 34.8 Å². The monoisotopic (exact) mass is 418 g/mol. The van der Waals surface area contributed by atoms with Gasteiger partial charge in [-0.15, -0.1) is 0 Å². The number of benzene rings is 2. The molecule has 0 unspecified atom stereocenters. The Hall–Kier alpha value is -3.86. The van der Waals surface area contributed by atoms with Crippen LogP contribution in [0.2, 0.25) is 0 Å². The van der Waals surface area contributed by atoms with Crippen LogP contribution in [-0.4, -0.2) is 43.5 Å². The number of hydrogen-bond acceptors (Lipinski definition) is 6. The third-order valence-corrected chi connectivity index (χ3v) is 5.50. The molecule has 2 amide bonds. The van der Waals surface area contributed by atoms with Crippen molar-refractivity contribution in [3.8, 4) is 6.07 Å². The molecule has 1 saturated heterocycles. The van der Waals surface area contributed by atoms with Gasteiger partial charge < -0.3 is 19.9 Å². The standard InChI is InChI=1S/C23H22N4O4/c24-11-5-13-26(17-6-2-1-3-7-17)21(28)15-31-23(30)16-9-10-19-18(14-16)25-22(29)20-8-4-12-27(19)20/h1-3,6-7,9-10,14,20H,4-5,8,12-13,15H2,(H,25,29)/t20-/m0/s1. The highest BCUT2D eigenvalue weighted by Gasteiger charge is 2.36. The topological polar surface area (TPSA) is 103 Å². The lowest BCUT2D eigenvalue weighted by molar-refractivity contribution is -0.121. The van der Waals surface area contributed by atoms with Gasteiger partial charge in [0.15, 0.2) is 6.61 Å². The van der Waals surface area contributed by atoms with Crippen molar-refractivity contribution in [1.82, 2.24) is 0 Å². The minimum absolute atomic E-state index is 0.0679. The van der Waals surface area contributed by atoms with Crippen LogP contribution in [0.1, 0.15) is 29.6 Å². The fraction of sp³-hybridized carbons (Fsp3) is 0.304. The molecule has 0 bridgehead atoms. The normalized spacial score (nSPS) is 16.5. The molecule has 8 heteroatoms. The van der Waals surface area contributed by atoms with E-state index >= 15 is 0 Å². The van der Waals surface area contributed by atoms with E-state index in [-0.39, 0.29) is 30.5 Å². The zero-order valence-corrected chi connectivity index (χ0v) is 16.9. The molecule has 0 aromatic heterocycles. The number of nitriles is 1. The van der Waals surface area contributed by atoms with Gasteiger partial charge in [0, 0.05) is 18.8 Å². The lowest BCUT2D eigenvalue weighted by Gasteiger charge is -2.33. The van der Waals surface area contributed by atoms with E-state index in [1.165, 1.54) is 4.90 Å². The summed E-state index contributed by atoms with van der Waals surface area (Å²) in [7, 11) is 0. The number of anilines is 3. The third-order valence-electron chi connectivity index (χ3n) is 5.50. The van der Waals surface area contributed by atoms with Gasteiger partial charge >= 0.3 is 5.97 Å². The van der Waals surface area contributed by atoms with E-state index in [0.29, 0.717) is 11.4 Å². The van der Waals surface area contributed by atoms with Crippen molar-refractivity contribution in [1.29, 1.82) is 5.26 Å². The largest absolute Gasteiger partial charge is 0.452 e. The molecule has 2 aliphatic heterocycles. The first-order valence-electron chi connectivity index (χ1n) is 10.2. The molecule has 0 saturated carbocycles. The predicted molar refractivity (Wildman–Crippen MR) is 115 cm³/mol. The number of ether oxygens (including phenoxy) is 1. The fourth-order valence-corrected chi connectivity index (χ4v) is 4.01. The van der Waals surface area contributed by atoms with Crippen molar-refractivity contribution in [2.24, 2.45) is 0 Å². The summed E-state index contributed by atoms with van der Waals surface area (Å²) in [6.07, 6.45) is 1.94. The fourth-order valence-electron chi connectivity index (χ4n) is 4.01. The van der Waals surface area contributed by atoms with Crippen molar-refractivity contribution in [3.63, 3.8) is 0 Å². The number of esters is 1. The van der Waals surface area contributed by atoms with Crippen LogP contribution in [0.3, 0.4) is 0 Å². The van der Waals surface area contributed by atoms with Gasteiger partial charge in [-0.05, 0) is 43.2 Å². The summed E-state index contributed by atoms with van der Waals surface area (Å²) >= 11 is 0. The van der Waals surface area contributed by atoms with Gasteiger partial charge in [-0.3, -0.25) is 9.59 Å². The second-order valence-electron chi connectivity index (χ2n) is 7.44. The molecule has 2 aliphatic rings. The Balaban J connectivity index is 1.44. The lowest BCUT2D eigenvalue weighted by atomic mass is 10.1. The molecule has 1 N–H and O–H groups in total. The first kappa shape index (κ1) is 20.4. The summed E-state index contributed by atoms with van der Waals surface area (Å²) < 4.78 is 5.24. The first-order valence-corrected chi connectivity index (χ1v) is 10.2. The van der Waals surface area contributed by atoms with E-state index in [2.05, 4.69) is 10.2 Å². The molecule has 1 fully saturated rings. The molecule has 2 heterocycles. The van der Waals surface area contributed by atoms with Crippen LogP contribution in [0.5, 0.6) is 0 Å². The number of amides is 2. The molecule has 0 spiro atoms. The Morgan fingerprint density at radius 2 is 2.03 bits per heavy atom. The van der Waals surface area contributed by atoms with E-state index in [1.807, 2.05) is 12.1 Å². The van der Waals surface area contributed by atoms with E-state index in [4.69, 9.17) is 10.00 Å². The average Bonchev–Trinajstić information content (AvgIpc) is 3.29. The molecule has 4 rings (SSSR count). The quantitative estimate of drug-likeness (QED) is 0.724. The Labute approximate surface area is 180 Å². The number of carbonyl (C=O) groups is 3. The summed E-state index contributed by atoms with van der Waals surface area (Å²) in [5.74, 6) is -1.13. The second-order valence-corrected chi connectivity index (χ2v) is 7.44. The van der Waals surface area contributed by atoms with E-state index in [0.717, 1.165) is 25.1 Å². The molecule has 158 valence electrons. The summed E-state index contributed by atoms with van der Waals surface area (Å²) in [5, 5.41) is 11.7. The average molecular weight is 418 g/mol. The number of nitrogens with zero attached hydrogens (tertiary/aromatic N) is 3. The smallest absolute Gasteiger partial charge is 0.338 e. The van der Waals surface area contributed by atoms with E-state index < -0.39 is 18.5 Å². The highest BCUT2D eigenvalue weighted by Crippen LogP contribution is 2.37. The van der Waals surface area contributed by atoms with Crippen LogP contribution >= 0.6 is 0 Å². The Kier molecular flexibility index (Phi) is 5.85. The number of rotatable bonds is 6. The van der Waals surface area contributed by atoms with Gasteiger partial charge in [-0.25, -0.2) is 4.79 Å². The van der Waals surface area contributed by atoms with Crippen molar-refractivity contribution in [2.45, 2.75) is 25.3 Å². The van der Waals surface area contributed by atoms with Gasteiger partial charge in [0.25, 0.3) is 5.91 Å². The Morgan fingerprint density at radius 1 is 1.23 bits per heavy atom. The molecule has 2 aromatic carbocycles. The maximum Gasteiger partial charge on any atom is 0.338 e. The first-order chi connectivity index (χ1) is 15.1. The second kappa shape index (κ2) is 8.88. The van der Waals surface area contributed by atoms with Gasteiger partial charge in [0.05, 0.1) is 29.4 Å². The molecular formula is C23H22N4O4. The number of para-hydroxylation sites is 1. The minimum atomic E-state index is -0.651. The highest BCUT2D eigenvalue weighted by molar-refractivity contribution is 6.05. The molecule has 0 aliphatic carbocycles. The van der Waals surface area contributed by atoms with Crippen molar-refractivity contribution < 1.29 is 19.1 Å². The Morgan fingerprint density at radius 3 is 2.81 bits per heavy atom. The minimum Gasteiger partial charge on any atom is -0.452 e. The van der Waals surface area contributed by atoms with E-state index in [1.54, 1.807) is 42.5 Å². The number of carbonyl (C=O) groups excluding carboxylic acids is 3. The number of fused-ring (bicyclic) bond motifs is 3. The van der Waals surface area contributed by atoms with Crippen LogP contribution < -0.4 is 15.1 Å². The highest BCUT2D eigenvalue weighted by atomic mass is 16.5. The van der Waals surface area contributed by atoms with Crippen LogP contribution in [0.25, 0.3) is 0 Å². The summed E-state index contributed by atoms with van der Waals surface area (Å²) in [6.45, 7) is 0.566. The summed E-state index contributed by atoms with van der Waals surface area (Å²) in [4.78, 5) is 41.0. The maximum absolute atomic E-state index is 12.7. The van der Waals surface area contributed by atoms with Gasteiger partial charge in [0.1, 0.15) is 6.04 Å². The van der Waals surface area contributed by atoms with Gasteiger partial charge in [0.2, 0.25) is 5.91 Å². The van der Waals surface area contributed by atoms with Crippen LogP contribution in [0, 0.1) is 11.3 Å². The van der Waals surface area contributed by atoms with Crippen LogP contribution in [0.4, 0.5) is 17.1 Å². The number of hydrogen-bond donors (Lipinski definition) is 1. The SMILES string of the molecule is N#CCCN(C(=O)COC(=O)c1ccc2c(c1)NC(=O)[C@@H]1CCCN21)c1ccccc1. The zero-order valence-electron chi connectivity index (χ0n) is 16.9. The molecule has 31 heavy (non-hydrogen) atoms. The summed E-state index contributed by atoms with van der Waals surface area (Å²) in [5.41, 5.74) is 2.36. The van der Waals surface area contributed by atoms with Crippen LogP contribution in [-0.2, 0) is 14.3 Å². The molecule has 2 aromatic rings. The van der Waals surface area contributed by atoms with Crippen molar-refractivity contribution in [2.75, 3.05) is 34.8 Å². The molecule has 8 nitrogen and oxygen atoms in total. The Bertz CT molecular complexity index is 1050. The van der Waals surface area contributed by atoms with Gasteiger partial charge in [-0.1, -0.05) is 18.2 Å². The number of nitrogens with one attached hydrogen (secondary N) is 1. The van der Waals surface area contributed by atoms with Gasteiger partial charge in [-0.2, -0.15) is 5.26 Å². The lowest BCUT2D eigenvalue weighted by Crippen LogP contribution is -2.43. The maximum atomic E-state index is 12.7. The third kappa shape index (κ3) is 4.21.